The fourth-order valence-electron chi connectivity index (χ4n) is 2.67. The number of anilines is 2. The van der Waals surface area contributed by atoms with E-state index >= 15 is 0 Å². The quantitative estimate of drug-likeness (QED) is 0.840. The van der Waals surface area contributed by atoms with Crippen molar-refractivity contribution in [2.75, 3.05) is 49.1 Å². The molecule has 2 fully saturated rings. The van der Waals surface area contributed by atoms with Crippen LogP contribution in [0.5, 0.6) is 0 Å². The van der Waals surface area contributed by atoms with Crippen LogP contribution in [0.4, 0.5) is 11.6 Å². The van der Waals surface area contributed by atoms with E-state index in [0.29, 0.717) is 0 Å². The van der Waals surface area contributed by atoms with Crippen LogP contribution >= 0.6 is 0 Å². The monoisotopic (exact) mass is 247 g/mol. The Hall–Kier alpha value is -1.36. The molecule has 3 heterocycles. The molecule has 0 amide bonds. The van der Waals surface area contributed by atoms with E-state index in [9.17, 15) is 0 Å². The van der Waals surface area contributed by atoms with E-state index in [0.717, 1.165) is 50.9 Å². The molecule has 18 heavy (non-hydrogen) atoms. The zero-order valence-corrected chi connectivity index (χ0v) is 10.8. The Kier molecular flexibility index (Phi) is 3.59. The molecule has 0 bridgehead atoms. The van der Waals surface area contributed by atoms with Crippen molar-refractivity contribution >= 4 is 11.6 Å². The molecule has 2 saturated heterocycles. The third kappa shape index (κ3) is 2.56. The topological polar surface area (TPSA) is 44.3 Å². The fourth-order valence-corrected chi connectivity index (χ4v) is 2.67. The first-order valence-electron chi connectivity index (χ1n) is 6.98. The lowest BCUT2D eigenvalue weighted by atomic mass is 10.1. The maximum Gasteiger partial charge on any atom is 0.151 e. The number of nitrogens with zero attached hydrogens (tertiary/aromatic N) is 4. The number of aromatic nitrogens is 2. The van der Waals surface area contributed by atoms with Gasteiger partial charge < -0.3 is 15.1 Å². The van der Waals surface area contributed by atoms with E-state index in [1.54, 1.807) is 0 Å². The molecular weight excluding hydrogens is 226 g/mol. The lowest BCUT2D eigenvalue weighted by Crippen LogP contribution is -2.44. The predicted octanol–water partition coefficient (Wildman–Crippen LogP) is 0.876. The minimum atomic E-state index is 1.01. The molecule has 1 aromatic rings. The Bertz CT molecular complexity index is 328. The SMILES string of the molecule is c1cc(N2CCNCC2)nnc1N1CCCCC1. The molecule has 2 aliphatic heterocycles. The molecule has 3 rings (SSSR count). The van der Waals surface area contributed by atoms with Crippen molar-refractivity contribution in [2.24, 2.45) is 0 Å². The second-order valence-electron chi connectivity index (χ2n) is 5.03. The minimum Gasteiger partial charge on any atom is -0.355 e. The van der Waals surface area contributed by atoms with Gasteiger partial charge in [-0.2, -0.15) is 0 Å². The highest BCUT2D eigenvalue weighted by atomic mass is 15.3. The molecule has 0 radical (unpaired) electrons. The number of nitrogens with one attached hydrogen (secondary N) is 1. The van der Waals surface area contributed by atoms with Gasteiger partial charge in [-0.25, -0.2) is 0 Å². The van der Waals surface area contributed by atoms with Crippen molar-refractivity contribution < 1.29 is 0 Å². The highest BCUT2D eigenvalue weighted by Gasteiger charge is 2.15. The molecule has 98 valence electrons. The van der Waals surface area contributed by atoms with E-state index in [2.05, 4.69) is 37.4 Å². The molecule has 0 spiro atoms. The van der Waals surface area contributed by atoms with E-state index < -0.39 is 0 Å². The summed E-state index contributed by atoms with van der Waals surface area (Å²) in [5, 5.41) is 12.1. The fraction of sp³-hybridized carbons (Fsp3) is 0.692. The van der Waals surface area contributed by atoms with Gasteiger partial charge in [-0.1, -0.05) is 0 Å². The normalized spacial score (nSPS) is 21.1. The lowest BCUT2D eigenvalue weighted by Gasteiger charge is -2.29. The minimum absolute atomic E-state index is 1.01. The smallest absolute Gasteiger partial charge is 0.151 e. The molecule has 0 aliphatic carbocycles. The first-order chi connectivity index (χ1) is 8.93. The molecule has 0 saturated carbocycles. The Morgan fingerprint density at radius 2 is 1.33 bits per heavy atom. The molecule has 1 N–H and O–H groups in total. The molecule has 0 unspecified atom stereocenters. The number of piperidine rings is 1. The van der Waals surface area contributed by atoms with Crippen LogP contribution in [0, 0.1) is 0 Å². The van der Waals surface area contributed by atoms with Crippen LogP contribution < -0.4 is 15.1 Å². The van der Waals surface area contributed by atoms with Crippen LogP contribution in [0.3, 0.4) is 0 Å². The number of rotatable bonds is 2. The van der Waals surface area contributed by atoms with Crippen molar-refractivity contribution in [1.82, 2.24) is 15.5 Å². The summed E-state index contributed by atoms with van der Waals surface area (Å²) in [5.74, 6) is 2.05. The van der Waals surface area contributed by atoms with Gasteiger partial charge in [0.05, 0.1) is 0 Å². The summed E-state index contributed by atoms with van der Waals surface area (Å²) >= 11 is 0. The third-order valence-corrected chi connectivity index (χ3v) is 3.76. The largest absolute Gasteiger partial charge is 0.355 e. The lowest BCUT2D eigenvalue weighted by molar-refractivity contribution is 0.567. The zero-order valence-electron chi connectivity index (χ0n) is 10.8. The van der Waals surface area contributed by atoms with Crippen LogP contribution in [0.1, 0.15) is 19.3 Å². The Morgan fingerprint density at radius 1 is 0.778 bits per heavy atom. The molecule has 0 aromatic carbocycles. The Labute approximate surface area is 108 Å². The van der Waals surface area contributed by atoms with Crippen molar-refractivity contribution in [3.8, 4) is 0 Å². The summed E-state index contributed by atoms with van der Waals surface area (Å²) in [4.78, 5) is 4.64. The molecule has 5 heteroatoms. The van der Waals surface area contributed by atoms with Crippen molar-refractivity contribution in [3.05, 3.63) is 12.1 Å². The second-order valence-corrected chi connectivity index (χ2v) is 5.03. The van der Waals surface area contributed by atoms with Crippen molar-refractivity contribution in [3.63, 3.8) is 0 Å². The summed E-state index contributed by atoms with van der Waals surface area (Å²) in [5.41, 5.74) is 0. The van der Waals surface area contributed by atoms with Gasteiger partial charge >= 0.3 is 0 Å². The predicted molar refractivity (Wildman–Crippen MR) is 73.2 cm³/mol. The average Bonchev–Trinajstić information content (AvgIpc) is 2.49. The van der Waals surface area contributed by atoms with Crippen LogP contribution in [0.25, 0.3) is 0 Å². The van der Waals surface area contributed by atoms with E-state index in [1.165, 1.54) is 19.3 Å². The Balaban J connectivity index is 1.67. The first kappa shape index (κ1) is 11.7. The summed E-state index contributed by atoms with van der Waals surface area (Å²) in [6.07, 6.45) is 3.91. The van der Waals surface area contributed by atoms with Crippen molar-refractivity contribution in [1.29, 1.82) is 0 Å². The van der Waals surface area contributed by atoms with Gasteiger partial charge in [0.25, 0.3) is 0 Å². The third-order valence-electron chi connectivity index (χ3n) is 3.76. The molecule has 2 aliphatic rings. The van der Waals surface area contributed by atoms with Gasteiger partial charge in [0.1, 0.15) is 0 Å². The number of piperazine rings is 1. The molecule has 0 atom stereocenters. The van der Waals surface area contributed by atoms with Gasteiger partial charge in [0.15, 0.2) is 11.6 Å². The second kappa shape index (κ2) is 5.52. The van der Waals surface area contributed by atoms with Gasteiger partial charge in [-0.3, -0.25) is 0 Å². The average molecular weight is 247 g/mol. The summed E-state index contributed by atoms with van der Waals surface area (Å²) < 4.78 is 0. The Morgan fingerprint density at radius 3 is 1.89 bits per heavy atom. The maximum absolute atomic E-state index is 4.39. The van der Waals surface area contributed by atoms with Crippen LogP contribution in [0.15, 0.2) is 12.1 Å². The van der Waals surface area contributed by atoms with E-state index in [1.807, 2.05) is 0 Å². The van der Waals surface area contributed by atoms with Gasteiger partial charge in [0, 0.05) is 39.3 Å². The highest BCUT2D eigenvalue weighted by Crippen LogP contribution is 2.19. The standard InChI is InChI=1S/C13H21N5/c1-2-8-17(9-3-1)12-4-5-13(16-15-12)18-10-6-14-7-11-18/h4-5,14H,1-3,6-11H2. The van der Waals surface area contributed by atoms with Crippen LogP contribution in [0.2, 0.25) is 0 Å². The summed E-state index contributed by atoms with van der Waals surface area (Å²) in [6, 6.07) is 4.23. The number of hydrogen-bond acceptors (Lipinski definition) is 5. The first-order valence-corrected chi connectivity index (χ1v) is 6.98. The number of hydrogen-bond donors (Lipinski definition) is 1. The van der Waals surface area contributed by atoms with Crippen LogP contribution in [-0.2, 0) is 0 Å². The van der Waals surface area contributed by atoms with Crippen molar-refractivity contribution in [2.45, 2.75) is 19.3 Å². The zero-order chi connectivity index (χ0) is 12.2. The summed E-state index contributed by atoms with van der Waals surface area (Å²) in [6.45, 7) is 6.38. The van der Waals surface area contributed by atoms with E-state index in [-0.39, 0.29) is 0 Å². The van der Waals surface area contributed by atoms with Gasteiger partial charge in [-0.05, 0) is 31.4 Å². The summed E-state index contributed by atoms with van der Waals surface area (Å²) in [7, 11) is 0. The highest BCUT2D eigenvalue weighted by molar-refractivity contribution is 5.45. The maximum atomic E-state index is 4.39. The molecular formula is C13H21N5. The molecule has 1 aromatic heterocycles. The molecule has 5 nitrogen and oxygen atoms in total. The van der Waals surface area contributed by atoms with Gasteiger partial charge in [-0.15, -0.1) is 10.2 Å². The van der Waals surface area contributed by atoms with E-state index in [4.69, 9.17) is 0 Å². The van der Waals surface area contributed by atoms with Gasteiger partial charge in [0.2, 0.25) is 0 Å². The van der Waals surface area contributed by atoms with Crippen LogP contribution in [-0.4, -0.2) is 49.5 Å².